The molecular formula is C18H20N2O5S. The first-order chi connectivity index (χ1) is 12.4. The van der Waals surface area contributed by atoms with E-state index in [9.17, 15) is 9.59 Å². The Labute approximate surface area is 156 Å². The van der Waals surface area contributed by atoms with Gasteiger partial charge in [0, 0.05) is 5.56 Å². The molecule has 7 nitrogen and oxygen atoms in total. The number of methoxy groups -OCH3 is 3. The summed E-state index contributed by atoms with van der Waals surface area (Å²) >= 11 is 1.37. The number of carbonyl (C=O) groups excluding carboxylic acids is 2. The molecule has 1 fully saturated rings. The lowest BCUT2D eigenvalue weighted by Gasteiger charge is -2.33. The van der Waals surface area contributed by atoms with E-state index < -0.39 is 12.0 Å². The Kier molecular flexibility index (Phi) is 4.95. The molecule has 0 saturated carbocycles. The van der Waals surface area contributed by atoms with Gasteiger partial charge in [-0.1, -0.05) is 11.8 Å². The number of thioether (sulfide) groups is 1. The molecule has 2 aliphatic rings. The van der Waals surface area contributed by atoms with E-state index in [1.54, 1.807) is 44.2 Å². The van der Waals surface area contributed by atoms with E-state index in [1.807, 2.05) is 6.92 Å². The lowest BCUT2D eigenvalue weighted by Crippen LogP contribution is -2.40. The van der Waals surface area contributed by atoms with Crippen molar-refractivity contribution in [3.8, 4) is 11.5 Å². The number of amidine groups is 1. The van der Waals surface area contributed by atoms with Crippen molar-refractivity contribution < 1.29 is 23.8 Å². The van der Waals surface area contributed by atoms with Crippen molar-refractivity contribution in [2.24, 2.45) is 4.99 Å². The van der Waals surface area contributed by atoms with Gasteiger partial charge in [-0.25, -0.2) is 9.79 Å². The minimum atomic E-state index is -0.690. The van der Waals surface area contributed by atoms with Gasteiger partial charge in [0.05, 0.1) is 37.8 Å². The topological polar surface area (TPSA) is 77.4 Å². The highest BCUT2D eigenvalue weighted by Gasteiger charge is 2.47. The Bertz CT molecular complexity index is 833. The van der Waals surface area contributed by atoms with Crippen LogP contribution in [0.3, 0.4) is 0 Å². The smallest absolute Gasteiger partial charge is 0.338 e. The van der Waals surface area contributed by atoms with E-state index in [0.717, 1.165) is 0 Å². The molecule has 0 aliphatic carbocycles. The lowest BCUT2D eigenvalue weighted by molar-refractivity contribution is -0.137. The molecule has 8 heteroatoms. The van der Waals surface area contributed by atoms with Crippen molar-refractivity contribution in [1.29, 1.82) is 0 Å². The maximum atomic E-state index is 12.8. The fraction of sp³-hybridized carbons (Fsp3) is 0.389. The number of ether oxygens (including phenoxy) is 3. The summed E-state index contributed by atoms with van der Waals surface area (Å²) in [4.78, 5) is 31.4. The molecule has 1 aromatic carbocycles. The third kappa shape index (κ3) is 2.84. The van der Waals surface area contributed by atoms with Gasteiger partial charge in [0.2, 0.25) is 5.91 Å². The zero-order chi connectivity index (χ0) is 19.0. The lowest BCUT2D eigenvalue weighted by atomic mass is 9.93. The van der Waals surface area contributed by atoms with Crippen LogP contribution in [0.4, 0.5) is 0 Å². The number of benzene rings is 1. The van der Waals surface area contributed by atoms with Crippen molar-refractivity contribution >= 4 is 28.8 Å². The molecule has 1 saturated heterocycles. The molecule has 0 radical (unpaired) electrons. The zero-order valence-electron chi connectivity index (χ0n) is 15.2. The highest BCUT2D eigenvalue weighted by atomic mass is 32.2. The molecule has 2 atom stereocenters. The molecule has 0 N–H and O–H groups in total. The van der Waals surface area contributed by atoms with Crippen LogP contribution < -0.4 is 9.47 Å². The predicted octanol–water partition coefficient (Wildman–Crippen LogP) is 2.53. The highest BCUT2D eigenvalue weighted by molar-refractivity contribution is 8.15. The van der Waals surface area contributed by atoms with Crippen LogP contribution in [0.25, 0.3) is 0 Å². The Morgan fingerprint density at radius 3 is 2.58 bits per heavy atom. The number of rotatable bonds is 4. The van der Waals surface area contributed by atoms with Crippen LogP contribution in [0.15, 0.2) is 34.5 Å². The summed E-state index contributed by atoms with van der Waals surface area (Å²) in [5.74, 6) is 0.498. The van der Waals surface area contributed by atoms with E-state index in [0.29, 0.717) is 33.5 Å². The molecule has 0 bridgehead atoms. The molecule has 2 aliphatic heterocycles. The van der Waals surface area contributed by atoms with Crippen molar-refractivity contribution in [3.63, 3.8) is 0 Å². The quantitative estimate of drug-likeness (QED) is 0.752. The van der Waals surface area contributed by atoms with Gasteiger partial charge >= 0.3 is 5.97 Å². The number of hydrogen-bond acceptors (Lipinski definition) is 7. The number of amides is 1. The Morgan fingerprint density at radius 2 is 1.96 bits per heavy atom. The van der Waals surface area contributed by atoms with E-state index in [1.165, 1.54) is 18.9 Å². The summed E-state index contributed by atoms with van der Waals surface area (Å²) in [6, 6.07) is 4.59. The SMILES string of the molecule is COC(=O)C1=C(C)N=C2S[C@H](C)C(=O)N2[C@H]1c1cc(OC)ccc1OC. The number of esters is 1. The van der Waals surface area contributed by atoms with Crippen molar-refractivity contribution in [2.75, 3.05) is 21.3 Å². The average Bonchev–Trinajstić information content (AvgIpc) is 2.92. The maximum Gasteiger partial charge on any atom is 0.338 e. The summed E-state index contributed by atoms with van der Waals surface area (Å²) in [5, 5.41) is 0.292. The molecule has 0 unspecified atom stereocenters. The molecule has 1 amide bonds. The van der Waals surface area contributed by atoms with Gasteiger partial charge in [-0.2, -0.15) is 0 Å². The van der Waals surface area contributed by atoms with Crippen LogP contribution in [0.5, 0.6) is 11.5 Å². The Balaban J connectivity index is 2.25. The van der Waals surface area contributed by atoms with Gasteiger partial charge in [-0.3, -0.25) is 9.69 Å². The number of fused-ring (bicyclic) bond motifs is 1. The van der Waals surface area contributed by atoms with E-state index in [2.05, 4.69) is 4.99 Å². The predicted molar refractivity (Wildman–Crippen MR) is 98.3 cm³/mol. The van der Waals surface area contributed by atoms with Gasteiger partial charge in [-0.15, -0.1) is 0 Å². The summed E-state index contributed by atoms with van der Waals surface area (Å²) < 4.78 is 15.8. The van der Waals surface area contributed by atoms with Crippen LogP contribution in [-0.4, -0.2) is 48.5 Å². The van der Waals surface area contributed by atoms with Crippen LogP contribution in [0, 0.1) is 0 Å². The van der Waals surface area contributed by atoms with Crippen LogP contribution in [-0.2, 0) is 14.3 Å². The molecule has 0 aromatic heterocycles. The molecule has 2 heterocycles. The normalized spacial score (nSPS) is 22.1. The number of hydrogen-bond donors (Lipinski definition) is 0. The third-order valence-electron chi connectivity index (χ3n) is 4.40. The van der Waals surface area contributed by atoms with Gasteiger partial charge in [0.1, 0.15) is 17.5 Å². The molecule has 3 rings (SSSR count). The fourth-order valence-corrected chi connectivity index (χ4v) is 4.15. The molecule has 138 valence electrons. The Hall–Kier alpha value is -2.48. The first-order valence-electron chi connectivity index (χ1n) is 8.02. The number of carbonyl (C=O) groups is 2. The minimum Gasteiger partial charge on any atom is -0.497 e. The standard InChI is InChI=1S/C18H20N2O5S/c1-9-14(17(22)25-5)15(20-16(21)10(2)26-18(20)19-9)12-8-11(23-3)6-7-13(12)24-4/h6-8,10,15H,1-5H3/t10-,15+/m1/s1. The van der Waals surface area contributed by atoms with Crippen molar-refractivity contribution in [3.05, 3.63) is 35.0 Å². The van der Waals surface area contributed by atoms with Gasteiger partial charge in [0.15, 0.2) is 5.17 Å². The number of nitrogens with zero attached hydrogens (tertiary/aromatic N) is 2. The molecule has 0 spiro atoms. The van der Waals surface area contributed by atoms with Crippen molar-refractivity contribution in [2.45, 2.75) is 25.1 Å². The third-order valence-corrected chi connectivity index (χ3v) is 5.45. The van der Waals surface area contributed by atoms with Crippen LogP contribution in [0.1, 0.15) is 25.5 Å². The van der Waals surface area contributed by atoms with Gasteiger partial charge in [0.25, 0.3) is 0 Å². The maximum absolute atomic E-state index is 12.8. The van der Waals surface area contributed by atoms with E-state index >= 15 is 0 Å². The van der Waals surface area contributed by atoms with Gasteiger partial charge < -0.3 is 14.2 Å². The van der Waals surface area contributed by atoms with Crippen LogP contribution in [0.2, 0.25) is 0 Å². The second-order valence-electron chi connectivity index (χ2n) is 5.86. The first-order valence-corrected chi connectivity index (χ1v) is 8.90. The average molecular weight is 376 g/mol. The molecule has 26 heavy (non-hydrogen) atoms. The summed E-state index contributed by atoms with van der Waals surface area (Å²) in [7, 11) is 4.41. The van der Waals surface area contributed by atoms with E-state index in [-0.39, 0.29) is 11.2 Å². The summed E-state index contributed by atoms with van der Waals surface area (Å²) in [5.41, 5.74) is 1.47. The zero-order valence-corrected chi connectivity index (χ0v) is 16.0. The van der Waals surface area contributed by atoms with Crippen LogP contribution >= 0.6 is 11.8 Å². The number of aliphatic imine (C=N–C) groups is 1. The minimum absolute atomic E-state index is 0.113. The largest absolute Gasteiger partial charge is 0.497 e. The van der Waals surface area contributed by atoms with Gasteiger partial charge in [-0.05, 0) is 32.0 Å². The molecular weight excluding hydrogens is 356 g/mol. The number of allylic oxidation sites excluding steroid dienone is 1. The Morgan fingerprint density at radius 1 is 1.23 bits per heavy atom. The first kappa shape index (κ1) is 18.3. The van der Waals surface area contributed by atoms with Crippen molar-refractivity contribution in [1.82, 2.24) is 4.90 Å². The highest BCUT2D eigenvalue weighted by Crippen LogP contribution is 2.46. The second kappa shape index (κ2) is 7.03. The fourth-order valence-electron chi connectivity index (χ4n) is 3.12. The summed E-state index contributed by atoms with van der Waals surface area (Å²) in [6.45, 7) is 3.56. The monoisotopic (exact) mass is 376 g/mol. The second-order valence-corrected chi connectivity index (χ2v) is 7.17. The molecule has 1 aromatic rings. The van der Waals surface area contributed by atoms with E-state index in [4.69, 9.17) is 14.2 Å². The summed E-state index contributed by atoms with van der Waals surface area (Å²) in [6.07, 6.45) is 0.